The molecular formula is C22H38IN5O2S. The summed E-state index contributed by atoms with van der Waals surface area (Å²) in [6, 6.07) is 4.62. The monoisotopic (exact) mass is 563 g/mol. The van der Waals surface area contributed by atoms with E-state index in [0.29, 0.717) is 12.6 Å². The minimum absolute atomic E-state index is 0. The van der Waals surface area contributed by atoms with E-state index >= 15 is 0 Å². The molecule has 1 aromatic heterocycles. The topological polar surface area (TPSA) is 69.2 Å². The van der Waals surface area contributed by atoms with Crippen molar-refractivity contribution in [1.82, 2.24) is 20.4 Å². The van der Waals surface area contributed by atoms with Crippen molar-refractivity contribution in [3.63, 3.8) is 0 Å². The SMILES string of the molecule is CCNC(=NCC1(C(=O)N(C)C)CCCC1)NCC(c1cccs1)N1CCOCC1.I. The number of thiophene rings is 1. The Hall–Kier alpha value is -0.910. The fraction of sp³-hybridized carbons (Fsp3) is 0.727. The van der Waals surface area contributed by atoms with Gasteiger partial charge in [-0.3, -0.25) is 14.7 Å². The fourth-order valence-corrected chi connectivity index (χ4v) is 5.37. The van der Waals surface area contributed by atoms with Crippen LogP contribution in [0.1, 0.15) is 43.5 Å². The van der Waals surface area contributed by atoms with Gasteiger partial charge in [0.15, 0.2) is 5.96 Å². The molecule has 1 aromatic rings. The molecule has 2 aliphatic rings. The highest BCUT2D eigenvalue weighted by atomic mass is 127. The summed E-state index contributed by atoms with van der Waals surface area (Å²) in [5.41, 5.74) is -0.344. The zero-order valence-electron chi connectivity index (χ0n) is 19.1. The van der Waals surface area contributed by atoms with Gasteiger partial charge in [0, 0.05) is 45.2 Å². The van der Waals surface area contributed by atoms with Gasteiger partial charge in [0.2, 0.25) is 5.91 Å². The molecule has 1 saturated carbocycles. The predicted molar refractivity (Wildman–Crippen MR) is 138 cm³/mol. The Morgan fingerprint density at radius 1 is 1.29 bits per heavy atom. The number of nitrogens with one attached hydrogen (secondary N) is 2. The van der Waals surface area contributed by atoms with E-state index in [2.05, 4.69) is 40.0 Å². The number of carbonyl (C=O) groups excluding carboxylic acids is 1. The van der Waals surface area contributed by atoms with Crippen LogP contribution in [0.2, 0.25) is 0 Å². The molecule has 176 valence electrons. The Labute approximate surface area is 208 Å². The molecule has 1 aliphatic heterocycles. The van der Waals surface area contributed by atoms with Crippen LogP contribution in [0.15, 0.2) is 22.5 Å². The number of rotatable bonds is 8. The van der Waals surface area contributed by atoms with Crippen LogP contribution in [0.4, 0.5) is 0 Å². The standard InChI is InChI=1S/C22H37N5O2S.HI/c1-4-23-21(25-17-22(9-5-6-10-22)20(28)26(2)3)24-16-18(19-8-7-15-30-19)27-11-13-29-14-12-27;/h7-8,15,18H,4-6,9-14,16-17H2,1-3H3,(H2,23,24,25);1H. The molecule has 1 aliphatic carbocycles. The lowest BCUT2D eigenvalue weighted by atomic mass is 9.85. The lowest BCUT2D eigenvalue weighted by Crippen LogP contribution is -2.47. The van der Waals surface area contributed by atoms with Gasteiger partial charge in [0.25, 0.3) is 0 Å². The van der Waals surface area contributed by atoms with Crippen LogP contribution in [-0.4, -0.2) is 81.7 Å². The van der Waals surface area contributed by atoms with E-state index in [4.69, 9.17) is 9.73 Å². The van der Waals surface area contributed by atoms with Crippen molar-refractivity contribution in [2.45, 2.75) is 38.6 Å². The molecule has 2 fully saturated rings. The highest BCUT2D eigenvalue weighted by Gasteiger charge is 2.42. The first-order valence-corrected chi connectivity index (χ1v) is 12.0. The van der Waals surface area contributed by atoms with Gasteiger partial charge in [-0.05, 0) is 31.2 Å². The third-order valence-electron chi connectivity index (χ3n) is 6.13. The Morgan fingerprint density at radius 3 is 2.58 bits per heavy atom. The number of guanidine groups is 1. The molecule has 1 amide bonds. The molecule has 31 heavy (non-hydrogen) atoms. The molecule has 2 N–H and O–H groups in total. The number of morpholine rings is 1. The maximum absolute atomic E-state index is 12.9. The number of halogens is 1. The van der Waals surface area contributed by atoms with Crippen molar-refractivity contribution >= 4 is 47.2 Å². The largest absolute Gasteiger partial charge is 0.379 e. The summed E-state index contributed by atoms with van der Waals surface area (Å²) in [4.78, 5) is 23.3. The lowest BCUT2D eigenvalue weighted by Gasteiger charge is -2.34. The summed E-state index contributed by atoms with van der Waals surface area (Å²) in [6.07, 6.45) is 4.07. The summed E-state index contributed by atoms with van der Waals surface area (Å²) in [5, 5.41) is 9.06. The van der Waals surface area contributed by atoms with Crippen molar-refractivity contribution in [3.05, 3.63) is 22.4 Å². The van der Waals surface area contributed by atoms with E-state index in [1.807, 2.05) is 14.1 Å². The van der Waals surface area contributed by atoms with E-state index < -0.39 is 0 Å². The Kier molecular flexibility index (Phi) is 11.0. The first-order valence-electron chi connectivity index (χ1n) is 11.1. The molecule has 0 radical (unpaired) electrons. The van der Waals surface area contributed by atoms with Crippen LogP contribution >= 0.6 is 35.3 Å². The molecule has 9 heteroatoms. The molecular weight excluding hydrogens is 525 g/mol. The van der Waals surface area contributed by atoms with Crippen LogP contribution in [0, 0.1) is 5.41 Å². The summed E-state index contributed by atoms with van der Waals surface area (Å²) in [7, 11) is 3.70. The molecule has 1 saturated heterocycles. The smallest absolute Gasteiger partial charge is 0.230 e. The lowest BCUT2D eigenvalue weighted by molar-refractivity contribution is -0.138. The number of carbonyl (C=O) groups is 1. The number of aliphatic imine (C=N–C) groups is 1. The molecule has 0 spiro atoms. The van der Waals surface area contributed by atoms with E-state index in [1.54, 1.807) is 16.2 Å². The summed E-state index contributed by atoms with van der Waals surface area (Å²) < 4.78 is 5.55. The van der Waals surface area contributed by atoms with Gasteiger partial charge in [0.05, 0.1) is 31.2 Å². The van der Waals surface area contributed by atoms with Crippen molar-refractivity contribution in [1.29, 1.82) is 0 Å². The summed E-state index contributed by atoms with van der Waals surface area (Å²) in [6.45, 7) is 7.64. The van der Waals surface area contributed by atoms with Crippen LogP contribution in [0.3, 0.4) is 0 Å². The van der Waals surface area contributed by atoms with Gasteiger partial charge in [-0.2, -0.15) is 0 Å². The highest BCUT2D eigenvalue weighted by molar-refractivity contribution is 14.0. The zero-order chi connectivity index (χ0) is 21.4. The average molecular weight is 564 g/mol. The number of nitrogens with zero attached hydrogens (tertiary/aromatic N) is 3. The molecule has 0 bridgehead atoms. The molecule has 7 nitrogen and oxygen atoms in total. The van der Waals surface area contributed by atoms with Crippen LogP contribution in [0.5, 0.6) is 0 Å². The second-order valence-corrected chi connectivity index (χ2v) is 9.42. The molecule has 2 heterocycles. The van der Waals surface area contributed by atoms with E-state index in [1.165, 1.54) is 4.88 Å². The van der Waals surface area contributed by atoms with Crippen LogP contribution in [0.25, 0.3) is 0 Å². The Bertz CT molecular complexity index is 686. The van der Waals surface area contributed by atoms with Crippen LogP contribution in [-0.2, 0) is 9.53 Å². The second-order valence-electron chi connectivity index (χ2n) is 8.44. The number of hydrogen-bond acceptors (Lipinski definition) is 5. The van der Waals surface area contributed by atoms with E-state index in [0.717, 1.165) is 71.0 Å². The van der Waals surface area contributed by atoms with Gasteiger partial charge in [-0.25, -0.2) is 0 Å². The normalized spacial score (nSPS) is 20.0. The van der Waals surface area contributed by atoms with Gasteiger partial charge in [-0.15, -0.1) is 35.3 Å². The maximum Gasteiger partial charge on any atom is 0.230 e. The van der Waals surface area contributed by atoms with E-state index in [9.17, 15) is 4.79 Å². The highest BCUT2D eigenvalue weighted by Crippen LogP contribution is 2.39. The molecule has 0 aromatic carbocycles. The Morgan fingerprint density at radius 2 is 2.00 bits per heavy atom. The second kappa shape index (κ2) is 13.0. The maximum atomic E-state index is 12.9. The number of amides is 1. The zero-order valence-corrected chi connectivity index (χ0v) is 22.2. The van der Waals surface area contributed by atoms with Crippen molar-refractivity contribution in [2.75, 3.05) is 60.0 Å². The van der Waals surface area contributed by atoms with Gasteiger partial charge < -0.3 is 20.3 Å². The van der Waals surface area contributed by atoms with Crippen molar-refractivity contribution in [2.24, 2.45) is 10.4 Å². The molecule has 1 atom stereocenters. The third kappa shape index (κ3) is 7.03. The molecule has 1 unspecified atom stereocenters. The quantitative estimate of drug-likeness (QED) is 0.289. The van der Waals surface area contributed by atoms with Gasteiger partial charge in [0.1, 0.15) is 0 Å². The summed E-state index contributed by atoms with van der Waals surface area (Å²) >= 11 is 1.80. The number of ether oxygens (including phenoxy) is 1. The van der Waals surface area contributed by atoms with Gasteiger partial charge in [-0.1, -0.05) is 18.9 Å². The Balaban J connectivity index is 0.00000341. The predicted octanol–water partition coefficient (Wildman–Crippen LogP) is 2.94. The summed E-state index contributed by atoms with van der Waals surface area (Å²) in [5.74, 6) is 1.01. The van der Waals surface area contributed by atoms with E-state index in [-0.39, 0.29) is 35.3 Å². The van der Waals surface area contributed by atoms with Crippen molar-refractivity contribution in [3.8, 4) is 0 Å². The minimum Gasteiger partial charge on any atom is -0.379 e. The van der Waals surface area contributed by atoms with Crippen LogP contribution < -0.4 is 10.6 Å². The first-order chi connectivity index (χ1) is 14.6. The molecule has 3 rings (SSSR count). The average Bonchev–Trinajstić information content (AvgIpc) is 3.45. The first kappa shape index (κ1) is 26.3. The third-order valence-corrected chi connectivity index (χ3v) is 7.10. The number of hydrogen-bond donors (Lipinski definition) is 2. The minimum atomic E-state index is -0.344. The fourth-order valence-electron chi connectivity index (χ4n) is 4.51. The van der Waals surface area contributed by atoms with Crippen molar-refractivity contribution < 1.29 is 9.53 Å². The van der Waals surface area contributed by atoms with Gasteiger partial charge >= 0.3 is 0 Å².